The molecule has 1 heterocycles. The molecule has 1 unspecified atom stereocenters. The molecule has 1 amide bonds. The summed E-state index contributed by atoms with van der Waals surface area (Å²) in [5.74, 6) is 0.986. The molecule has 102 valence electrons. The van der Waals surface area contributed by atoms with Gasteiger partial charge in [0.2, 0.25) is 5.91 Å². The number of rotatable bonds is 3. The molecule has 1 saturated heterocycles. The molecule has 0 saturated carbocycles. The standard InChI is InChI=1S/C13H13BrClNO2S/c1-8(17)19-7-9-5-12(18)16(6-9)11-4-2-3-10(15)13(11)14/h2-4,9H,5-7H2,1H3. The molecule has 0 radical (unpaired) electrons. The van der Waals surface area contributed by atoms with Crippen molar-refractivity contribution in [1.82, 2.24) is 0 Å². The van der Waals surface area contributed by atoms with Gasteiger partial charge in [-0.3, -0.25) is 9.59 Å². The van der Waals surface area contributed by atoms with Gasteiger partial charge in [0, 0.05) is 25.6 Å². The molecule has 0 spiro atoms. The Hall–Kier alpha value is -0.520. The summed E-state index contributed by atoms with van der Waals surface area (Å²) in [6.45, 7) is 2.19. The summed E-state index contributed by atoms with van der Waals surface area (Å²) in [5.41, 5.74) is 0.799. The second kappa shape index (κ2) is 6.29. The number of hydrogen-bond acceptors (Lipinski definition) is 3. The third kappa shape index (κ3) is 3.52. The number of benzene rings is 1. The van der Waals surface area contributed by atoms with E-state index in [1.165, 1.54) is 11.8 Å². The van der Waals surface area contributed by atoms with E-state index >= 15 is 0 Å². The smallest absolute Gasteiger partial charge is 0.227 e. The van der Waals surface area contributed by atoms with Crippen LogP contribution in [0.1, 0.15) is 13.3 Å². The van der Waals surface area contributed by atoms with Crippen molar-refractivity contribution in [2.24, 2.45) is 5.92 Å². The van der Waals surface area contributed by atoms with Crippen LogP contribution in [0.5, 0.6) is 0 Å². The number of carbonyl (C=O) groups is 2. The van der Waals surface area contributed by atoms with E-state index in [-0.39, 0.29) is 16.9 Å². The van der Waals surface area contributed by atoms with Crippen LogP contribution >= 0.6 is 39.3 Å². The Morgan fingerprint density at radius 1 is 1.58 bits per heavy atom. The zero-order valence-corrected chi connectivity index (χ0v) is 13.5. The maximum atomic E-state index is 12.1. The van der Waals surface area contributed by atoms with Gasteiger partial charge in [-0.05, 0) is 34.0 Å². The number of amides is 1. The Bertz CT molecular complexity index is 523. The minimum absolute atomic E-state index is 0.0807. The van der Waals surface area contributed by atoms with E-state index in [0.29, 0.717) is 23.7 Å². The molecule has 2 rings (SSSR count). The minimum atomic E-state index is 0.0807. The molecule has 1 fully saturated rings. The fourth-order valence-electron chi connectivity index (χ4n) is 2.06. The third-order valence-corrected chi connectivity index (χ3v) is 5.37. The number of hydrogen-bond donors (Lipinski definition) is 0. The summed E-state index contributed by atoms with van der Waals surface area (Å²) >= 11 is 10.7. The predicted molar refractivity (Wildman–Crippen MR) is 82.8 cm³/mol. The normalized spacial score (nSPS) is 19.0. The Kier molecular flexibility index (Phi) is 4.92. The molecule has 19 heavy (non-hydrogen) atoms. The summed E-state index contributed by atoms with van der Waals surface area (Å²) in [5, 5.41) is 0.682. The number of nitrogens with zero attached hydrogens (tertiary/aromatic N) is 1. The van der Waals surface area contributed by atoms with E-state index in [1.54, 1.807) is 17.9 Å². The number of halogens is 2. The quantitative estimate of drug-likeness (QED) is 0.822. The largest absolute Gasteiger partial charge is 0.311 e. The number of carbonyl (C=O) groups excluding carboxylic acids is 2. The molecule has 3 nitrogen and oxygen atoms in total. The van der Waals surface area contributed by atoms with Crippen molar-refractivity contribution >= 4 is 56.0 Å². The van der Waals surface area contributed by atoms with Crippen molar-refractivity contribution in [3.05, 3.63) is 27.7 Å². The summed E-state index contributed by atoms with van der Waals surface area (Å²) in [4.78, 5) is 24.8. The highest BCUT2D eigenvalue weighted by atomic mass is 79.9. The number of thioether (sulfide) groups is 1. The van der Waals surface area contributed by atoms with Gasteiger partial charge in [-0.15, -0.1) is 0 Å². The van der Waals surface area contributed by atoms with Crippen molar-refractivity contribution < 1.29 is 9.59 Å². The SMILES string of the molecule is CC(=O)SCC1CC(=O)N(c2cccc(Cl)c2Br)C1. The zero-order chi connectivity index (χ0) is 14.0. The average Bonchev–Trinajstić information content (AvgIpc) is 2.71. The van der Waals surface area contributed by atoms with E-state index < -0.39 is 0 Å². The van der Waals surface area contributed by atoms with E-state index in [2.05, 4.69) is 15.9 Å². The second-order valence-corrected chi connectivity index (χ2v) is 6.85. The van der Waals surface area contributed by atoms with Crippen LogP contribution in [0.25, 0.3) is 0 Å². The molecule has 1 aliphatic heterocycles. The van der Waals surface area contributed by atoms with Gasteiger partial charge in [0.1, 0.15) is 0 Å². The molecule has 6 heteroatoms. The second-order valence-electron chi connectivity index (χ2n) is 4.45. The molecule has 1 aromatic carbocycles. The fourth-order valence-corrected chi connectivity index (χ4v) is 3.40. The van der Waals surface area contributed by atoms with Crippen LogP contribution in [0, 0.1) is 5.92 Å². The van der Waals surface area contributed by atoms with E-state index in [1.807, 2.05) is 12.1 Å². The molecule has 0 N–H and O–H groups in total. The van der Waals surface area contributed by atoms with Crippen LogP contribution in [-0.2, 0) is 9.59 Å². The summed E-state index contributed by atoms with van der Waals surface area (Å²) in [6.07, 6.45) is 0.485. The average molecular weight is 363 g/mol. The Morgan fingerprint density at radius 2 is 2.32 bits per heavy atom. The monoisotopic (exact) mass is 361 g/mol. The van der Waals surface area contributed by atoms with Gasteiger partial charge in [0.05, 0.1) is 15.2 Å². The highest BCUT2D eigenvalue weighted by Crippen LogP contribution is 2.36. The lowest BCUT2D eigenvalue weighted by Crippen LogP contribution is -2.25. The van der Waals surface area contributed by atoms with Gasteiger partial charge in [0.25, 0.3) is 0 Å². The van der Waals surface area contributed by atoms with Gasteiger partial charge in [0.15, 0.2) is 5.12 Å². The molecule has 1 aromatic rings. The molecule has 1 aliphatic rings. The molecular weight excluding hydrogens is 350 g/mol. The highest BCUT2D eigenvalue weighted by molar-refractivity contribution is 9.10. The molecule has 0 aromatic heterocycles. The van der Waals surface area contributed by atoms with Crippen molar-refractivity contribution in [2.75, 3.05) is 17.2 Å². The maximum absolute atomic E-state index is 12.1. The van der Waals surface area contributed by atoms with Crippen LogP contribution < -0.4 is 4.90 Å². The zero-order valence-electron chi connectivity index (χ0n) is 10.4. The predicted octanol–water partition coefficient (Wildman–Crippen LogP) is 3.74. The third-order valence-electron chi connectivity index (χ3n) is 2.95. The minimum Gasteiger partial charge on any atom is -0.311 e. The Balaban J connectivity index is 2.11. The highest BCUT2D eigenvalue weighted by Gasteiger charge is 2.31. The molecular formula is C13H13BrClNO2S. The van der Waals surface area contributed by atoms with Crippen LogP contribution in [0.3, 0.4) is 0 Å². The summed E-state index contributed by atoms with van der Waals surface area (Å²) < 4.78 is 0.741. The van der Waals surface area contributed by atoms with Gasteiger partial charge in [-0.2, -0.15) is 0 Å². The van der Waals surface area contributed by atoms with Gasteiger partial charge in [-0.25, -0.2) is 0 Å². The van der Waals surface area contributed by atoms with Gasteiger partial charge >= 0.3 is 0 Å². The van der Waals surface area contributed by atoms with E-state index in [4.69, 9.17) is 11.6 Å². The van der Waals surface area contributed by atoms with Crippen molar-refractivity contribution in [1.29, 1.82) is 0 Å². The van der Waals surface area contributed by atoms with Crippen molar-refractivity contribution in [2.45, 2.75) is 13.3 Å². The van der Waals surface area contributed by atoms with Crippen LogP contribution in [0.15, 0.2) is 22.7 Å². The molecule has 0 bridgehead atoms. The maximum Gasteiger partial charge on any atom is 0.227 e. The number of anilines is 1. The van der Waals surface area contributed by atoms with Gasteiger partial charge in [-0.1, -0.05) is 29.4 Å². The lowest BCUT2D eigenvalue weighted by Gasteiger charge is -2.18. The Morgan fingerprint density at radius 3 is 3.00 bits per heavy atom. The first-order chi connectivity index (χ1) is 8.99. The first kappa shape index (κ1) is 14.9. The molecule has 1 atom stereocenters. The lowest BCUT2D eigenvalue weighted by molar-refractivity contribution is -0.117. The first-order valence-electron chi connectivity index (χ1n) is 5.86. The van der Waals surface area contributed by atoms with Crippen molar-refractivity contribution in [3.63, 3.8) is 0 Å². The fraction of sp³-hybridized carbons (Fsp3) is 0.385. The van der Waals surface area contributed by atoms with Crippen molar-refractivity contribution in [3.8, 4) is 0 Å². The topological polar surface area (TPSA) is 37.4 Å². The van der Waals surface area contributed by atoms with Crippen LogP contribution in [-0.4, -0.2) is 23.3 Å². The summed E-state index contributed by atoms with van der Waals surface area (Å²) in [6, 6.07) is 5.47. The van der Waals surface area contributed by atoms with Crippen LogP contribution in [0.2, 0.25) is 5.02 Å². The molecule has 0 aliphatic carbocycles. The van der Waals surface area contributed by atoms with Gasteiger partial charge < -0.3 is 4.90 Å². The summed E-state index contributed by atoms with van der Waals surface area (Å²) in [7, 11) is 0. The van der Waals surface area contributed by atoms with E-state index in [9.17, 15) is 9.59 Å². The first-order valence-corrected chi connectivity index (χ1v) is 8.02. The van der Waals surface area contributed by atoms with Crippen LogP contribution in [0.4, 0.5) is 5.69 Å². The van der Waals surface area contributed by atoms with E-state index in [0.717, 1.165) is 10.2 Å². The Labute approximate surface area is 129 Å². The lowest BCUT2D eigenvalue weighted by atomic mass is 10.1.